The number of nitrogens with zero attached hydrogens (tertiary/aromatic N) is 2. The van der Waals surface area contributed by atoms with E-state index in [4.69, 9.17) is 4.74 Å². The third-order valence-electron chi connectivity index (χ3n) is 3.44. The van der Waals surface area contributed by atoms with Gasteiger partial charge in [0.2, 0.25) is 5.91 Å². The molecule has 1 heterocycles. The van der Waals surface area contributed by atoms with Gasteiger partial charge in [0.15, 0.2) is 0 Å². The van der Waals surface area contributed by atoms with Crippen LogP contribution in [0, 0.1) is 0 Å². The number of amides is 1. The van der Waals surface area contributed by atoms with E-state index in [9.17, 15) is 4.79 Å². The Hall–Kier alpha value is -1.36. The number of methoxy groups -OCH3 is 1. The van der Waals surface area contributed by atoms with Crippen LogP contribution in [0.15, 0.2) is 18.7 Å². The Labute approximate surface area is 101 Å². The first-order chi connectivity index (χ1) is 8.22. The van der Waals surface area contributed by atoms with E-state index < -0.39 is 0 Å². The molecule has 3 unspecified atom stereocenters. The zero-order valence-electron chi connectivity index (χ0n) is 10.3. The average molecular weight is 237 g/mol. The zero-order chi connectivity index (χ0) is 12.3. The number of ether oxygens (including phenoxy) is 1. The van der Waals surface area contributed by atoms with Crippen molar-refractivity contribution in [2.75, 3.05) is 7.11 Å². The first-order valence-corrected chi connectivity index (χ1v) is 6.03. The minimum Gasteiger partial charge on any atom is -0.372 e. The molecule has 1 saturated carbocycles. The van der Waals surface area contributed by atoms with Gasteiger partial charge >= 0.3 is 0 Å². The lowest BCUT2D eigenvalue weighted by atomic mass is 10.1. The van der Waals surface area contributed by atoms with Crippen LogP contribution in [-0.4, -0.2) is 34.7 Å². The number of hydrogen-bond acceptors (Lipinski definition) is 3. The predicted molar refractivity (Wildman–Crippen MR) is 63.5 cm³/mol. The molecule has 1 fully saturated rings. The van der Waals surface area contributed by atoms with E-state index in [0.29, 0.717) is 6.04 Å². The Morgan fingerprint density at radius 3 is 3.06 bits per heavy atom. The maximum absolute atomic E-state index is 11.8. The summed E-state index contributed by atoms with van der Waals surface area (Å²) >= 11 is 0. The first kappa shape index (κ1) is 12.1. The van der Waals surface area contributed by atoms with E-state index in [1.807, 2.05) is 12.5 Å². The lowest BCUT2D eigenvalue weighted by Crippen LogP contribution is -2.43. The highest BCUT2D eigenvalue weighted by molar-refractivity contribution is 5.80. The molecule has 1 N–H and O–H groups in total. The Balaban J connectivity index is 1.98. The fourth-order valence-electron chi connectivity index (χ4n) is 2.34. The van der Waals surface area contributed by atoms with Gasteiger partial charge < -0.3 is 14.6 Å². The molecule has 1 aliphatic carbocycles. The minimum atomic E-state index is -0.390. The molecular formula is C12H19N3O2. The molecule has 0 radical (unpaired) electrons. The lowest BCUT2D eigenvalue weighted by Gasteiger charge is -2.23. The Kier molecular flexibility index (Phi) is 3.78. The number of nitrogens with one attached hydrogen (secondary N) is 1. The van der Waals surface area contributed by atoms with Gasteiger partial charge in [0.05, 0.1) is 12.4 Å². The third-order valence-corrected chi connectivity index (χ3v) is 3.44. The van der Waals surface area contributed by atoms with Gasteiger partial charge in [-0.3, -0.25) is 4.79 Å². The van der Waals surface area contributed by atoms with Crippen LogP contribution in [0.4, 0.5) is 0 Å². The average Bonchev–Trinajstić information content (AvgIpc) is 2.97. The summed E-state index contributed by atoms with van der Waals surface area (Å²) in [5.74, 6) is -0.0375. The second-order valence-electron chi connectivity index (χ2n) is 4.50. The normalized spacial score (nSPS) is 25.8. The molecular weight excluding hydrogens is 218 g/mol. The van der Waals surface area contributed by atoms with Crippen molar-refractivity contribution >= 4 is 5.91 Å². The number of aromatic nitrogens is 2. The van der Waals surface area contributed by atoms with Crippen molar-refractivity contribution in [1.29, 1.82) is 0 Å². The van der Waals surface area contributed by atoms with E-state index in [0.717, 1.165) is 19.3 Å². The lowest BCUT2D eigenvalue weighted by molar-refractivity contribution is -0.131. The molecule has 5 nitrogen and oxygen atoms in total. The minimum absolute atomic E-state index is 0.0375. The van der Waals surface area contributed by atoms with Gasteiger partial charge in [0.1, 0.15) is 6.10 Å². The summed E-state index contributed by atoms with van der Waals surface area (Å²) in [6.45, 7) is 1.76. The molecule has 94 valence electrons. The second-order valence-corrected chi connectivity index (χ2v) is 4.50. The standard InChI is InChI=1S/C12H19N3O2/c1-9(17-2)12(16)14-10-4-3-5-11(10)15-7-6-13-8-15/h6-11H,3-5H2,1-2H3,(H,14,16). The fraction of sp³-hybridized carbons (Fsp3) is 0.667. The van der Waals surface area contributed by atoms with Crippen LogP contribution >= 0.6 is 0 Å². The van der Waals surface area contributed by atoms with Crippen LogP contribution in [0.2, 0.25) is 0 Å². The zero-order valence-corrected chi connectivity index (χ0v) is 10.3. The van der Waals surface area contributed by atoms with Gasteiger partial charge in [-0.1, -0.05) is 0 Å². The van der Waals surface area contributed by atoms with Crippen LogP contribution in [0.25, 0.3) is 0 Å². The molecule has 1 aliphatic rings. The maximum atomic E-state index is 11.8. The second kappa shape index (κ2) is 5.31. The van der Waals surface area contributed by atoms with Gasteiger partial charge in [-0.05, 0) is 26.2 Å². The van der Waals surface area contributed by atoms with Crippen LogP contribution in [0.3, 0.4) is 0 Å². The van der Waals surface area contributed by atoms with Crippen LogP contribution in [-0.2, 0) is 9.53 Å². The van der Waals surface area contributed by atoms with E-state index in [2.05, 4.69) is 14.9 Å². The molecule has 5 heteroatoms. The summed E-state index contributed by atoms with van der Waals surface area (Å²) in [7, 11) is 1.55. The van der Waals surface area contributed by atoms with Crippen LogP contribution in [0.5, 0.6) is 0 Å². The maximum Gasteiger partial charge on any atom is 0.249 e. The van der Waals surface area contributed by atoms with Crippen molar-refractivity contribution in [2.45, 2.75) is 44.4 Å². The Morgan fingerprint density at radius 2 is 2.41 bits per heavy atom. The molecule has 0 aromatic carbocycles. The number of carbonyl (C=O) groups excluding carboxylic acids is 1. The Morgan fingerprint density at radius 1 is 1.59 bits per heavy atom. The molecule has 3 atom stereocenters. The number of hydrogen-bond donors (Lipinski definition) is 1. The summed E-state index contributed by atoms with van der Waals surface area (Å²) in [4.78, 5) is 15.8. The first-order valence-electron chi connectivity index (χ1n) is 6.03. The van der Waals surface area contributed by atoms with Gasteiger partial charge in [-0.15, -0.1) is 0 Å². The molecule has 17 heavy (non-hydrogen) atoms. The van der Waals surface area contributed by atoms with Crippen LogP contribution in [0.1, 0.15) is 32.2 Å². The van der Waals surface area contributed by atoms with Crippen molar-refractivity contribution in [3.05, 3.63) is 18.7 Å². The molecule has 0 aliphatic heterocycles. The Bertz CT molecular complexity index is 364. The summed E-state index contributed by atoms with van der Waals surface area (Å²) in [6, 6.07) is 0.514. The molecule has 1 aromatic rings. The molecule has 1 aromatic heterocycles. The van der Waals surface area contributed by atoms with Crippen molar-refractivity contribution in [3.63, 3.8) is 0 Å². The topological polar surface area (TPSA) is 56.1 Å². The van der Waals surface area contributed by atoms with E-state index in [1.54, 1.807) is 20.2 Å². The SMILES string of the molecule is COC(C)C(=O)NC1CCCC1n1ccnc1. The van der Waals surface area contributed by atoms with E-state index in [-0.39, 0.29) is 18.1 Å². The quantitative estimate of drug-likeness (QED) is 0.854. The van der Waals surface area contributed by atoms with Crippen molar-refractivity contribution < 1.29 is 9.53 Å². The van der Waals surface area contributed by atoms with Crippen LogP contribution < -0.4 is 5.32 Å². The van der Waals surface area contributed by atoms with Gasteiger partial charge in [0.25, 0.3) is 0 Å². The van der Waals surface area contributed by atoms with E-state index in [1.165, 1.54) is 0 Å². The molecule has 0 spiro atoms. The smallest absolute Gasteiger partial charge is 0.249 e. The highest BCUT2D eigenvalue weighted by Gasteiger charge is 2.30. The van der Waals surface area contributed by atoms with Gasteiger partial charge in [0, 0.05) is 25.5 Å². The molecule has 0 bridgehead atoms. The summed E-state index contributed by atoms with van der Waals surface area (Å²) in [5.41, 5.74) is 0. The monoisotopic (exact) mass is 237 g/mol. The molecule has 1 amide bonds. The summed E-state index contributed by atoms with van der Waals surface area (Å²) in [6.07, 6.45) is 8.39. The predicted octanol–water partition coefficient (Wildman–Crippen LogP) is 1.13. The highest BCUT2D eigenvalue weighted by Crippen LogP contribution is 2.29. The molecule has 2 rings (SSSR count). The third kappa shape index (κ3) is 2.66. The fourth-order valence-corrected chi connectivity index (χ4v) is 2.34. The molecule has 0 saturated heterocycles. The van der Waals surface area contributed by atoms with Crippen molar-refractivity contribution in [2.24, 2.45) is 0 Å². The highest BCUT2D eigenvalue weighted by atomic mass is 16.5. The summed E-state index contributed by atoms with van der Waals surface area (Å²) in [5, 5.41) is 3.06. The summed E-state index contributed by atoms with van der Waals surface area (Å²) < 4.78 is 7.10. The number of rotatable bonds is 4. The largest absolute Gasteiger partial charge is 0.372 e. The number of carbonyl (C=O) groups is 1. The van der Waals surface area contributed by atoms with Crippen molar-refractivity contribution in [3.8, 4) is 0 Å². The van der Waals surface area contributed by atoms with E-state index >= 15 is 0 Å². The number of imidazole rings is 1. The van der Waals surface area contributed by atoms with Gasteiger partial charge in [-0.2, -0.15) is 0 Å². The van der Waals surface area contributed by atoms with Crippen molar-refractivity contribution in [1.82, 2.24) is 14.9 Å². The van der Waals surface area contributed by atoms with Gasteiger partial charge in [-0.25, -0.2) is 4.98 Å².